The molecule has 2 aromatic rings. The molecule has 7 heteroatoms. The number of carbonyl (C=O) groups excluding carboxylic acids is 1. The van der Waals surface area contributed by atoms with Crippen LogP contribution in [0.25, 0.3) is 0 Å². The molecule has 1 aromatic carbocycles. The highest BCUT2D eigenvalue weighted by Crippen LogP contribution is 2.27. The number of halogens is 1. The molecule has 24 heavy (non-hydrogen) atoms. The smallest absolute Gasteiger partial charge is 0.321 e. The molecule has 1 saturated heterocycles. The lowest BCUT2D eigenvalue weighted by Crippen LogP contribution is -2.42. The zero-order valence-corrected chi connectivity index (χ0v) is 14.8. The molecule has 1 fully saturated rings. The van der Waals surface area contributed by atoms with E-state index >= 15 is 0 Å². The van der Waals surface area contributed by atoms with Gasteiger partial charge in [-0.3, -0.25) is 0 Å². The fraction of sp³-hybridized carbons (Fsp3) is 0.471. The van der Waals surface area contributed by atoms with Crippen molar-refractivity contribution in [3.8, 4) is 0 Å². The first-order valence-electron chi connectivity index (χ1n) is 8.29. The van der Waals surface area contributed by atoms with Crippen LogP contribution in [0.4, 0.5) is 10.5 Å². The summed E-state index contributed by atoms with van der Waals surface area (Å²) in [6.45, 7) is 6.22. The summed E-state index contributed by atoms with van der Waals surface area (Å²) in [4.78, 5) is 14.5. The van der Waals surface area contributed by atoms with Gasteiger partial charge >= 0.3 is 6.03 Å². The van der Waals surface area contributed by atoms with Crippen molar-refractivity contribution in [3.05, 3.63) is 40.9 Å². The van der Waals surface area contributed by atoms with E-state index in [2.05, 4.69) is 22.4 Å². The van der Waals surface area contributed by atoms with Gasteiger partial charge in [0.15, 0.2) is 0 Å². The minimum Gasteiger partial charge on any atom is -0.324 e. The first-order chi connectivity index (χ1) is 11.6. The van der Waals surface area contributed by atoms with Gasteiger partial charge in [-0.2, -0.15) is 0 Å². The van der Waals surface area contributed by atoms with Crippen LogP contribution in [0.2, 0.25) is 5.02 Å². The number of aryl methyl sites for hydroxylation is 1. The Labute approximate surface area is 146 Å². The number of hydrogen-bond acceptors (Lipinski definition) is 3. The van der Waals surface area contributed by atoms with Gasteiger partial charge in [0.1, 0.15) is 12.2 Å². The molecule has 0 radical (unpaired) electrons. The second-order valence-corrected chi connectivity index (χ2v) is 6.51. The first-order valence-corrected chi connectivity index (χ1v) is 8.66. The van der Waals surface area contributed by atoms with Gasteiger partial charge in [0.25, 0.3) is 0 Å². The highest BCUT2D eigenvalue weighted by Gasteiger charge is 2.28. The molecule has 1 aliphatic heterocycles. The van der Waals surface area contributed by atoms with Gasteiger partial charge in [-0.05, 0) is 44.4 Å². The molecule has 0 saturated carbocycles. The molecule has 0 bridgehead atoms. The molecule has 2 heterocycles. The third kappa shape index (κ3) is 3.38. The second-order valence-electron chi connectivity index (χ2n) is 6.10. The van der Waals surface area contributed by atoms with Crippen LogP contribution < -0.4 is 5.32 Å². The van der Waals surface area contributed by atoms with E-state index in [4.69, 9.17) is 11.6 Å². The van der Waals surface area contributed by atoms with Crippen molar-refractivity contribution in [2.75, 3.05) is 18.4 Å². The van der Waals surface area contributed by atoms with Gasteiger partial charge in [0.2, 0.25) is 0 Å². The van der Waals surface area contributed by atoms with Crippen molar-refractivity contribution < 1.29 is 4.79 Å². The van der Waals surface area contributed by atoms with Crippen molar-refractivity contribution >= 4 is 23.3 Å². The number of rotatable bonds is 3. The topological polar surface area (TPSA) is 63.1 Å². The molecule has 3 rings (SSSR count). The van der Waals surface area contributed by atoms with E-state index in [0.29, 0.717) is 11.6 Å². The first kappa shape index (κ1) is 16.8. The number of amides is 2. The van der Waals surface area contributed by atoms with Crippen molar-refractivity contribution in [1.82, 2.24) is 19.7 Å². The number of carbonyl (C=O) groups is 1. The van der Waals surface area contributed by atoms with Gasteiger partial charge in [0.05, 0.1) is 0 Å². The lowest BCUT2D eigenvalue weighted by Gasteiger charge is -2.32. The van der Waals surface area contributed by atoms with E-state index in [1.807, 2.05) is 34.6 Å². The molecule has 6 nitrogen and oxygen atoms in total. The third-order valence-electron chi connectivity index (χ3n) is 4.57. The van der Waals surface area contributed by atoms with E-state index in [1.165, 1.54) is 0 Å². The zero-order chi connectivity index (χ0) is 17.1. The zero-order valence-electron chi connectivity index (χ0n) is 14.0. The Hall–Kier alpha value is -2.08. The van der Waals surface area contributed by atoms with E-state index in [0.717, 1.165) is 43.0 Å². The number of hydrogen-bond donors (Lipinski definition) is 1. The molecule has 2 amide bonds. The third-order valence-corrected chi connectivity index (χ3v) is 4.98. The predicted octanol–water partition coefficient (Wildman–Crippen LogP) is 3.67. The van der Waals surface area contributed by atoms with Crippen LogP contribution in [0.3, 0.4) is 0 Å². The highest BCUT2D eigenvalue weighted by atomic mass is 35.5. The SMILES string of the molecule is CCn1cnnc1C1CCCN(C(=O)Nc2cccc(Cl)c2C)C1. The molecule has 1 unspecified atom stereocenters. The molecular formula is C17H22ClN5O. The van der Waals surface area contributed by atoms with Gasteiger partial charge in [-0.15, -0.1) is 10.2 Å². The predicted molar refractivity (Wildman–Crippen MR) is 94.5 cm³/mol. The maximum atomic E-state index is 12.6. The number of likely N-dealkylation sites (tertiary alicyclic amines) is 1. The Bertz CT molecular complexity index is 730. The van der Waals surface area contributed by atoms with E-state index in [9.17, 15) is 4.79 Å². The fourth-order valence-electron chi connectivity index (χ4n) is 3.13. The van der Waals surface area contributed by atoms with E-state index < -0.39 is 0 Å². The number of aromatic nitrogens is 3. The van der Waals surface area contributed by atoms with Crippen LogP contribution in [-0.4, -0.2) is 38.8 Å². The van der Waals surface area contributed by atoms with E-state index in [1.54, 1.807) is 6.33 Å². The van der Waals surface area contributed by atoms with Crippen LogP contribution in [0, 0.1) is 6.92 Å². The summed E-state index contributed by atoms with van der Waals surface area (Å²) >= 11 is 6.12. The number of urea groups is 1. The maximum Gasteiger partial charge on any atom is 0.321 e. The van der Waals surface area contributed by atoms with Gasteiger partial charge in [0, 0.05) is 36.3 Å². The van der Waals surface area contributed by atoms with Gasteiger partial charge < -0.3 is 14.8 Å². The van der Waals surface area contributed by atoms with Crippen LogP contribution in [0.1, 0.15) is 37.1 Å². The number of benzene rings is 1. The minimum absolute atomic E-state index is 0.0902. The molecule has 0 spiro atoms. The van der Waals surface area contributed by atoms with Crippen molar-refractivity contribution in [1.29, 1.82) is 0 Å². The normalized spacial score (nSPS) is 17.8. The Balaban J connectivity index is 1.70. The Kier molecular flexibility index (Phi) is 5.04. The summed E-state index contributed by atoms with van der Waals surface area (Å²) in [6.07, 6.45) is 3.74. The summed E-state index contributed by atoms with van der Waals surface area (Å²) in [5, 5.41) is 11.9. The van der Waals surface area contributed by atoms with Gasteiger partial charge in [-0.25, -0.2) is 4.79 Å². The summed E-state index contributed by atoms with van der Waals surface area (Å²) in [5.74, 6) is 1.20. The fourth-order valence-corrected chi connectivity index (χ4v) is 3.31. The standard InChI is InChI=1S/C17H22ClN5O/c1-3-22-11-19-21-16(22)13-6-5-9-23(10-13)17(24)20-15-8-4-7-14(18)12(15)2/h4,7-8,11,13H,3,5-6,9-10H2,1-2H3,(H,20,24). The average Bonchev–Trinajstić information content (AvgIpc) is 3.08. The second kappa shape index (κ2) is 7.21. The summed E-state index contributed by atoms with van der Waals surface area (Å²) in [6, 6.07) is 5.44. The van der Waals surface area contributed by atoms with E-state index in [-0.39, 0.29) is 11.9 Å². The molecule has 1 N–H and O–H groups in total. The molecule has 1 aliphatic rings. The van der Waals surface area contributed by atoms with Crippen LogP contribution in [0.5, 0.6) is 0 Å². The largest absolute Gasteiger partial charge is 0.324 e. The van der Waals surface area contributed by atoms with Crippen molar-refractivity contribution in [2.45, 2.75) is 39.2 Å². The Morgan fingerprint density at radius 1 is 1.46 bits per heavy atom. The summed E-state index contributed by atoms with van der Waals surface area (Å²) in [5.41, 5.74) is 1.64. The highest BCUT2D eigenvalue weighted by molar-refractivity contribution is 6.31. The lowest BCUT2D eigenvalue weighted by molar-refractivity contribution is 0.190. The maximum absolute atomic E-state index is 12.6. The van der Waals surface area contributed by atoms with Crippen LogP contribution in [0.15, 0.2) is 24.5 Å². The lowest BCUT2D eigenvalue weighted by atomic mass is 9.97. The Morgan fingerprint density at radius 2 is 2.29 bits per heavy atom. The number of piperidine rings is 1. The van der Waals surface area contributed by atoms with Crippen molar-refractivity contribution in [3.63, 3.8) is 0 Å². The molecule has 1 atom stereocenters. The number of nitrogens with zero attached hydrogens (tertiary/aromatic N) is 4. The minimum atomic E-state index is -0.0902. The van der Waals surface area contributed by atoms with Crippen LogP contribution >= 0.6 is 11.6 Å². The van der Waals surface area contributed by atoms with Crippen molar-refractivity contribution in [2.24, 2.45) is 0 Å². The van der Waals surface area contributed by atoms with Gasteiger partial charge in [-0.1, -0.05) is 17.7 Å². The monoisotopic (exact) mass is 347 g/mol. The molecule has 0 aliphatic carbocycles. The molecule has 1 aromatic heterocycles. The molecule has 128 valence electrons. The summed E-state index contributed by atoms with van der Waals surface area (Å²) in [7, 11) is 0. The number of nitrogens with one attached hydrogen (secondary N) is 1. The van der Waals surface area contributed by atoms with Crippen LogP contribution in [-0.2, 0) is 6.54 Å². The average molecular weight is 348 g/mol. The Morgan fingerprint density at radius 3 is 3.08 bits per heavy atom. The quantitative estimate of drug-likeness (QED) is 0.921. The summed E-state index contributed by atoms with van der Waals surface area (Å²) < 4.78 is 2.05. The molecular weight excluding hydrogens is 326 g/mol. The number of anilines is 1.